The summed E-state index contributed by atoms with van der Waals surface area (Å²) < 4.78 is 10.5. The van der Waals surface area contributed by atoms with Gasteiger partial charge in [0.25, 0.3) is 0 Å². The van der Waals surface area contributed by atoms with Gasteiger partial charge in [0.05, 0.1) is 6.61 Å². The molecule has 0 bridgehead atoms. The fourth-order valence-electron chi connectivity index (χ4n) is 1.94. The molecule has 0 N–H and O–H groups in total. The first-order valence-electron chi connectivity index (χ1n) is 7.00. The van der Waals surface area contributed by atoms with E-state index in [9.17, 15) is 4.79 Å². The summed E-state index contributed by atoms with van der Waals surface area (Å²) >= 11 is 0. The van der Waals surface area contributed by atoms with Crippen LogP contribution in [0.3, 0.4) is 0 Å². The van der Waals surface area contributed by atoms with Crippen LogP contribution in [0.15, 0.2) is 48.8 Å². The highest BCUT2D eigenvalue weighted by molar-refractivity contribution is 5.74. The molecule has 0 aliphatic heterocycles. The lowest BCUT2D eigenvalue weighted by Crippen LogP contribution is -2.26. The van der Waals surface area contributed by atoms with Crippen molar-refractivity contribution in [3.05, 3.63) is 59.9 Å². The Kier molecular flexibility index (Phi) is 5.32. The number of carbonyl (C=O) groups is 1. The summed E-state index contributed by atoms with van der Waals surface area (Å²) in [5.74, 6) is 0.308. The van der Waals surface area contributed by atoms with E-state index in [0.717, 1.165) is 12.0 Å². The molecule has 0 saturated carbocycles. The molecule has 1 atom stereocenters. The van der Waals surface area contributed by atoms with Gasteiger partial charge in [0.2, 0.25) is 0 Å². The van der Waals surface area contributed by atoms with Crippen LogP contribution in [-0.2, 0) is 16.0 Å². The maximum atomic E-state index is 11.5. The third-order valence-corrected chi connectivity index (χ3v) is 2.99. The lowest BCUT2D eigenvalue weighted by atomic mass is 10.1. The molecule has 2 rings (SSSR count). The second-order valence-electron chi connectivity index (χ2n) is 4.69. The zero-order chi connectivity index (χ0) is 15.1. The monoisotopic (exact) mass is 285 g/mol. The Bertz CT molecular complexity index is 566. The number of hydrogen-bond donors (Lipinski definition) is 0. The van der Waals surface area contributed by atoms with Crippen LogP contribution in [0.5, 0.6) is 5.75 Å². The smallest absolute Gasteiger partial charge is 0.347 e. The normalized spacial score (nSPS) is 11.7. The molecule has 0 amide bonds. The van der Waals surface area contributed by atoms with Gasteiger partial charge in [0, 0.05) is 12.4 Å². The number of esters is 1. The zero-order valence-electron chi connectivity index (χ0n) is 12.3. The SMILES string of the molecule is CCOC(=O)C(C)Oc1ccc(Cc2cccnc2)cc1. The van der Waals surface area contributed by atoms with E-state index in [1.54, 1.807) is 20.0 Å². The van der Waals surface area contributed by atoms with Gasteiger partial charge in [-0.1, -0.05) is 18.2 Å². The Morgan fingerprint density at radius 2 is 1.95 bits per heavy atom. The fraction of sp³-hybridized carbons (Fsp3) is 0.294. The van der Waals surface area contributed by atoms with Crippen LogP contribution in [0.25, 0.3) is 0 Å². The molecule has 0 aliphatic carbocycles. The number of aromatic nitrogens is 1. The van der Waals surface area contributed by atoms with E-state index in [0.29, 0.717) is 12.4 Å². The molecule has 1 unspecified atom stereocenters. The summed E-state index contributed by atoms with van der Waals surface area (Å²) in [5, 5.41) is 0. The average molecular weight is 285 g/mol. The first-order chi connectivity index (χ1) is 10.2. The molecule has 1 aromatic carbocycles. The Morgan fingerprint density at radius 1 is 1.19 bits per heavy atom. The number of ether oxygens (including phenoxy) is 2. The second-order valence-corrected chi connectivity index (χ2v) is 4.69. The van der Waals surface area contributed by atoms with Crippen molar-refractivity contribution in [2.45, 2.75) is 26.4 Å². The number of pyridine rings is 1. The van der Waals surface area contributed by atoms with E-state index in [4.69, 9.17) is 9.47 Å². The van der Waals surface area contributed by atoms with Crippen molar-refractivity contribution in [2.24, 2.45) is 0 Å². The first-order valence-corrected chi connectivity index (χ1v) is 7.00. The molecule has 1 aromatic heterocycles. The molecule has 0 fully saturated rings. The third-order valence-electron chi connectivity index (χ3n) is 2.99. The average Bonchev–Trinajstić information content (AvgIpc) is 2.50. The van der Waals surface area contributed by atoms with Crippen molar-refractivity contribution in [2.75, 3.05) is 6.61 Å². The molecule has 0 spiro atoms. The largest absolute Gasteiger partial charge is 0.479 e. The Balaban J connectivity index is 1.94. The quantitative estimate of drug-likeness (QED) is 0.766. The van der Waals surface area contributed by atoms with Crippen molar-refractivity contribution in [1.29, 1.82) is 0 Å². The summed E-state index contributed by atoms with van der Waals surface area (Å²) in [6.07, 6.45) is 3.83. The topological polar surface area (TPSA) is 48.4 Å². The van der Waals surface area contributed by atoms with E-state index in [-0.39, 0.29) is 5.97 Å². The number of nitrogens with zero attached hydrogens (tertiary/aromatic N) is 1. The predicted octanol–water partition coefficient (Wildman–Crippen LogP) is 3.00. The molecule has 21 heavy (non-hydrogen) atoms. The summed E-state index contributed by atoms with van der Waals surface area (Å²) in [6, 6.07) is 11.7. The van der Waals surface area contributed by atoms with Gasteiger partial charge < -0.3 is 9.47 Å². The van der Waals surface area contributed by atoms with Crippen molar-refractivity contribution in [1.82, 2.24) is 4.98 Å². The maximum Gasteiger partial charge on any atom is 0.347 e. The minimum atomic E-state index is -0.603. The predicted molar refractivity (Wildman–Crippen MR) is 80.2 cm³/mol. The van der Waals surface area contributed by atoms with Gasteiger partial charge in [0.15, 0.2) is 6.10 Å². The Labute approximate surface area is 124 Å². The summed E-state index contributed by atoms with van der Waals surface area (Å²) in [7, 11) is 0. The summed E-state index contributed by atoms with van der Waals surface area (Å²) in [5.41, 5.74) is 2.32. The van der Waals surface area contributed by atoms with Crippen LogP contribution in [0.2, 0.25) is 0 Å². The van der Waals surface area contributed by atoms with Crippen molar-refractivity contribution >= 4 is 5.97 Å². The second kappa shape index (κ2) is 7.43. The summed E-state index contributed by atoms with van der Waals surface area (Å²) in [4.78, 5) is 15.6. The zero-order valence-corrected chi connectivity index (χ0v) is 12.3. The minimum Gasteiger partial charge on any atom is -0.479 e. The van der Waals surface area contributed by atoms with Crippen molar-refractivity contribution < 1.29 is 14.3 Å². The minimum absolute atomic E-state index is 0.350. The first kappa shape index (κ1) is 15.0. The highest BCUT2D eigenvalue weighted by atomic mass is 16.6. The molecule has 0 saturated heterocycles. The van der Waals surface area contributed by atoms with Gasteiger partial charge in [0.1, 0.15) is 5.75 Å². The number of carbonyl (C=O) groups excluding carboxylic acids is 1. The molecular formula is C17H19NO3. The standard InChI is InChI=1S/C17H19NO3/c1-3-20-17(19)13(2)21-16-8-6-14(7-9-16)11-15-5-4-10-18-12-15/h4-10,12-13H,3,11H2,1-2H3. The van der Waals surface area contributed by atoms with Crippen LogP contribution in [0, 0.1) is 0 Å². The van der Waals surface area contributed by atoms with Gasteiger partial charge in [-0.2, -0.15) is 0 Å². The van der Waals surface area contributed by atoms with Gasteiger partial charge in [-0.05, 0) is 49.6 Å². The van der Waals surface area contributed by atoms with Gasteiger partial charge in [-0.25, -0.2) is 4.79 Å². The van der Waals surface area contributed by atoms with Crippen molar-refractivity contribution in [3.8, 4) is 5.75 Å². The van der Waals surface area contributed by atoms with Crippen LogP contribution in [0.4, 0.5) is 0 Å². The number of rotatable bonds is 6. The lowest BCUT2D eigenvalue weighted by molar-refractivity contribution is -0.150. The molecule has 2 aromatic rings. The summed E-state index contributed by atoms with van der Waals surface area (Å²) in [6.45, 7) is 3.82. The Hall–Kier alpha value is -2.36. The molecule has 0 aliphatic rings. The van der Waals surface area contributed by atoms with Gasteiger partial charge in [-0.15, -0.1) is 0 Å². The van der Waals surface area contributed by atoms with E-state index in [1.165, 1.54) is 5.56 Å². The number of hydrogen-bond acceptors (Lipinski definition) is 4. The molecule has 4 nitrogen and oxygen atoms in total. The van der Waals surface area contributed by atoms with Crippen LogP contribution in [0.1, 0.15) is 25.0 Å². The van der Waals surface area contributed by atoms with E-state index in [1.807, 2.05) is 42.6 Å². The molecular weight excluding hydrogens is 266 g/mol. The lowest BCUT2D eigenvalue weighted by Gasteiger charge is -2.13. The van der Waals surface area contributed by atoms with Crippen LogP contribution >= 0.6 is 0 Å². The molecule has 110 valence electrons. The number of benzene rings is 1. The molecule has 0 radical (unpaired) electrons. The van der Waals surface area contributed by atoms with E-state index >= 15 is 0 Å². The molecule has 4 heteroatoms. The highest BCUT2D eigenvalue weighted by Gasteiger charge is 2.15. The van der Waals surface area contributed by atoms with Crippen LogP contribution < -0.4 is 4.74 Å². The van der Waals surface area contributed by atoms with Crippen LogP contribution in [-0.4, -0.2) is 23.7 Å². The van der Waals surface area contributed by atoms with Gasteiger partial charge in [-0.3, -0.25) is 4.98 Å². The van der Waals surface area contributed by atoms with Gasteiger partial charge >= 0.3 is 5.97 Å². The van der Waals surface area contributed by atoms with E-state index < -0.39 is 6.10 Å². The maximum absolute atomic E-state index is 11.5. The molecule has 1 heterocycles. The van der Waals surface area contributed by atoms with Crippen molar-refractivity contribution in [3.63, 3.8) is 0 Å². The highest BCUT2D eigenvalue weighted by Crippen LogP contribution is 2.16. The fourth-order valence-corrected chi connectivity index (χ4v) is 1.94. The van der Waals surface area contributed by atoms with E-state index in [2.05, 4.69) is 4.98 Å². The third kappa shape index (κ3) is 4.60. The Morgan fingerprint density at radius 3 is 2.57 bits per heavy atom.